The molecule has 1 aliphatic heterocycles. The number of thioether (sulfide) groups is 2. The van der Waals surface area contributed by atoms with E-state index in [1.165, 1.54) is 0 Å². The summed E-state index contributed by atoms with van der Waals surface area (Å²) in [6, 6.07) is 3.21. The second-order valence-corrected chi connectivity index (χ2v) is 6.09. The van der Waals surface area contributed by atoms with Crippen molar-refractivity contribution < 1.29 is 13.9 Å². The largest absolute Gasteiger partial charge is 0.387 e. The van der Waals surface area contributed by atoms with Crippen LogP contribution in [0.15, 0.2) is 18.2 Å². The molecule has 0 spiro atoms. The highest BCUT2D eigenvalue weighted by atomic mass is 32.2. The molecule has 0 aliphatic carbocycles. The van der Waals surface area contributed by atoms with Gasteiger partial charge in [-0.05, 0) is 18.2 Å². The lowest BCUT2D eigenvalue weighted by Gasteiger charge is -2.26. The Bertz CT molecular complexity index is 367. The highest BCUT2D eigenvalue weighted by Crippen LogP contribution is 2.34. The van der Waals surface area contributed by atoms with Gasteiger partial charge < -0.3 is 5.11 Å². The zero-order valence-corrected chi connectivity index (χ0v) is 10.2. The Morgan fingerprint density at radius 1 is 1.31 bits per heavy atom. The molecule has 2 unspecified atom stereocenters. The lowest BCUT2D eigenvalue weighted by Crippen LogP contribution is -2.23. The van der Waals surface area contributed by atoms with Crippen LogP contribution >= 0.6 is 23.5 Å². The Balaban J connectivity index is 2.18. The second kappa shape index (κ2) is 5.38. The van der Waals surface area contributed by atoms with E-state index in [1.54, 1.807) is 23.5 Å². The van der Waals surface area contributed by atoms with Gasteiger partial charge in [-0.3, -0.25) is 0 Å². The fourth-order valence-corrected chi connectivity index (χ4v) is 4.37. The van der Waals surface area contributed by atoms with Crippen LogP contribution in [0.3, 0.4) is 0 Å². The molecule has 0 bridgehead atoms. The summed E-state index contributed by atoms with van der Waals surface area (Å²) < 4.78 is 26.4. The molecule has 1 fully saturated rings. The first-order valence-corrected chi connectivity index (χ1v) is 7.21. The van der Waals surface area contributed by atoms with E-state index in [-0.39, 0.29) is 10.8 Å². The van der Waals surface area contributed by atoms with Crippen molar-refractivity contribution in [3.63, 3.8) is 0 Å². The van der Waals surface area contributed by atoms with Crippen molar-refractivity contribution in [1.29, 1.82) is 0 Å². The van der Waals surface area contributed by atoms with Crippen LogP contribution in [-0.2, 0) is 0 Å². The highest BCUT2D eigenvalue weighted by molar-refractivity contribution is 8.06. The van der Waals surface area contributed by atoms with E-state index in [2.05, 4.69) is 0 Å². The van der Waals surface area contributed by atoms with Crippen molar-refractivity contribution in [2.75, 3.05) is 17.3 Å². The van der Waals surface area contributed by atoms with Gasteiger partial charge in [-0.25, -0.2) is 8.78 Å². The van der Waals surface area contributed by atoms with Gasteiger partial charge in [0.1, 0.15) is 11.6 Å². The van der Waals surface area contributed by atoms with E-state index < -0.39 is 17.7 Å². The summed E-state index contributed by atoms with van der Waals surface area (Å²) in [4.78, 5) is 0. The Morgan fingerprint density at radius 3 is 2.81 bits per heavy atom. The van der Waals surface area contributed by atoms with Gasteiger partial charge in [0.25, 0.3) is 0 Å². The number of halogens is 2. The first-order chi connectivity index (χ1) is 7.68. The smallest absolute Gasteiger partial charge is 0.129 e. The first-order valence-electron chi connectivity index (χ1n) is 5.01. The molecule has 2 rings (SSSR count). The van der Waals surface area contributed by atoms with Gasteiger partial charge >= 0.3 is 0 Å². The van der Waals surface area contributed by atoms with Crippen LogP contribution in [0.2, 0.25) is 0 Å². The first kappa shape index (κ1) is 12.2. The Hall–Kier alpha value is -0.260. The summed E-state index contributed by atoms with van der Waals surface area (Å²) in [5.74, 6) is 1.74. The van der Waals surface area contributed by atoms with Crippen LogP contribution in [0, 0.1) is 11.6 Å². The molecule has 88 valence electrons. The number of rotatable bonds is 2. The zero-order valence-electron chi connectivity index (χ0n) is 8.53. The summed E-state index contributed by atoms with van der Waals surface area (Å²) in [7, 11) is 0. The molecular weight excluding hydrogens is 250 g/mol. The SMILES string of the molecule is OC(c1cc(F)ccc1F)C1CSCCS1. The van der Waals surface area contributed by atoms with Crippen LogP contribution < -0.4 is 0 Å². The van der Waals surface area contributed by atoms with Gasteiger partial charge in [-0.2, -0.15) is 23.5 Å². The molecule has 1 aliphatic rings. The lowest BCUT2D eigenvalue weighted by molar-refractivity contribution is 0.175. The van der Waals surface area contributed by atoms with Crippen molar-refractivity contribution >= 4 is 23.5 Å². The molecule has 1 nitrogen and oxygen atoms in total. The Kier molecular flexibility index (Phi) is 4.10. The predicted octanol–water partition coefficient (Wildman–Crippen LogP) is 2.85. The summed E-state index contributed by atoms with van der Waals surface area (Å²) in [5, 5.41) is 9.96. The van der Waals surface area contributed by atoms with E-state index in [4.69, 9.17) is 0 Å². The lowest BCUT2D eigenvalue weighted by atomic mass is 10.1. The molecule has 0 amide bonds. The number of hydrogen-bond donors (Lipinski definition) is 1. The summed E-state index contributed by atoms with van der Waals surface area (Å²) in [6.45, 7) is 0. The average molecular weight is 262 g/mol. The molecule has 2 atom stereocenters. The third-order valence-electron chi connectivity index (χ3n) is 2.47. The Labute approximate surface area is 102 Å². The van der Waals surface area contributed by atoms with E-state index in [0.29, 0.717) is 0 Å². The molecule has 0 aromatic heterocycles. The topological polar surface area (TPSA) is 20.2 Å². The van der Waals surface area contributed by atoms with Crippen molar-refractivity contribution in [2.45, 2.75) is 11.4 Å². The number of aliphatic hydroxyl groups excluding tert-OH is 1. The molecular formula is C11H12F2OS2. The number of aliphatic hydroxyl groups is 1. The van der Waals surface area contributed by atoms with Crippen molar-refractivity contribution in [2.24, 2.45) is 0 Å². The quantitative estimate of drug-likeness (QED) is 0.885. The maximum absolute atomic E-state index is 13.4. The monoisotopic (exact) mass is 262 g/mol. The second-order valence-electron chi connectivity index (χ2n) is 3.59. The number of benzene rings is 1. The van der Waals surface area contributed by atoms with Crippen molar-refractivity contribution in [1.82, 2.24) is 0 Å². The van der Waals surface area contributed by atoms with Crippen molar-refractivity contribution in [3.05, 3.63) is 35.4 Å². The highest BCUT2D eigenvalue weighted by Gasteiger charge is 2.26. The minimum absolute atomic E-state index is 0.0463. The molecule has 0 saturated carbocycles. The van der Waals surface area contributed by atoms with E-state index >= 15 is 0 Å². The van der Waals surface area contributed by atoms with Gasteiger partial charge in [0.15, 0.2) is 0 Å². The van der Waals surface area contributed by atoms with E-state index in [0.717, 1.165) is 35.5 Å². The molecule has 1 aromatic carbocycles. The molecule has 1 saturated heterocycles. The number of hydrogen-bond acceptors (Lipinski definition) is 3. The van der Waals surface area contributed by atoms with Crippen molar-refractivity contribution in [3.8, 4) is 0 Å². The third kappa shape index (κ3) is 2.70. The van der Waals surface area contributed by atoms with Gasteiger partial charge in [-0.15, -0.1) is 0 Å². The standard InChI is InChI=1S/C11H12F2OS2/c12-7-1-2-9(13)8(5-7)11(14)10-6-15-3-4-16-10/h1-2,5,10-11,14H,3-4,6H2. The van der Waals surface area contributed by atoms with Crippen LogP contribution in [0.4, 0.5) is 8.78 Å². The van der Waals surface area contributed by atoms with Gasteiger partial charge in [0.2, 0.25) is 0 Å². The van der Waals surface area contributed by atoms with Gasteiger partial charge in [0.05, 0.1) is 6.10 Å². The van der Waals surface area contributed by atoms with Gasteiger partial charge in [-0.1, -0.05) is 0 Å². The summed E-state index contributed by atoms with van der Waals surface area (Å²) in [5.41, 5.74) is 0.0694. The summed E-state index contributed by atoms with van der Waals surface area (Å²) in [6.07, 6.45) is -0.923. The third-order valence-corrected chi connectivity index (χ3v) is 5.32. The minimum Gasteiger partial charge on any atom is -0.387 e. The van der Waals surface area contributed by atoms with Crippen LogP contribution in [0.25, 0.3) is 0 Å². The fourth-order valence-electron chi connectivity index (χ4n) is 1.63. The van der Waals surface area contributed by atoms with E-state index in [9.17, 15) is 13.9 Å². The normalized spacial score (nSPS) is 23.1. The van der Waals surface area contributed by atoms with Crippen LogP contribution in [0.5, 0.6) is 0 Å². The molecule has 16 heavy (non-hydrogen) atoms. The predicted molar refractivity (Wildman–Crippen MR) is 64.9 cm³/mol. The molecule has 5 heteroatoms. The van der Waals surface area contributed by atoms with E-state index in [1.807, 2.05) is 0 Å². The molecule has 1 heterocycles. The summed E-state index contributed by atoms with van der Waals surface area (Å²) >= 11 is 3.36. The fraction of sp³-hybridized carbons (Fsp3) is 0.455. The molecule has 1 N–H and O–H groups in total. The zero-order chi connectivity index (χ0) is 11.5. The maximum atomic E-state index is 13.4. The Morgan fingerprint density at radius 2 is 2.12 bits per heavy atom. The molecule has 1 aromatic rings. The average Bonchev–Trinajstić information content (AvgIpc) is 2.32. The van der Waals surface area contributed by atoms with Crippen LogP contribution in [-0.4, -0.2) is 27.6 Å². The van der Waals surface area contributed by atoms with Crippen LogP contribution in [0.1, 0.15) is 11.7 Å². The minimum atomic E-state index is -0.923. The molecule has 0 radical (unpaired) electrons. The maximum Gasteiger partial charge on any atom is 0.129 e. The van der Waals surface area contributed by atoms with Gasteiger partial charge in [0, 0.05) is 28.1 Å².